The normalized spacial score (nSPS) is 22.1. The van der Waals surface area contributed by atoms with Crippen LogP contribution in [-0.2, 0) is 9.47 Å². The first-order valence-electron chi connectivity index (χ1n) is 6.29. The van der Waals surface area contributed by atoms with Crippen molar-refractivity contribution in [2.45, 2.75) is 12.2 Å². The fourth-order valence-corrected chi connectivity index (χ4v) is 2.89. The zero-order chi connectivity index (χ0) is 14.7. The van der Waals surface area contributed by atoms with Crippen LogP contribution in [-0.4, -0.2) is 57.4 Å². The molecule has 110 valence electrons. The van der Waals surface area contributed by atoms with Crippen molar-refractivity contribution in [2.24, 2.45) is 0 Å². The SMILES string of the molecule is COc1ccc(C(=O)N2CC(OC)C(OC)C2)cc1Br. The van der Waals surface area contributed by atoms with Crippen molar-refractivity contribution in [3.8, 4) is 5.75 Å². The summed E-state index contributed by atoms with van der Waals surface area (Å²) >= 11 is 3.39. The molecule has 0 saturated carbocycles. The van der Waals surface area contributed by atoms with Crippen molar-refractivity contribution < 1.29 is 19.0 Å². The number of amides is 1. The van der Waals surface area contributed by atoms with Gasteiger partial charge in [-0.25, -0.2) is 0 Å². The summed E-state index contributed by atoms with van der Waals surface area (Å²) in [6, 6.07) is 5.30. The summed E-state index contributed by atoms with van der Waals surface area (Å²) in [5.41, 5.74) is 0.615. The van der Waals surface area contributed by atoms with Crippen molar-refractivity contribution >= 4 is 21.8 Å². The molecule has 1 aliphatic heterocycles. The van der Waals surface area contributed by atoms with Crippen LogP contribution in [0.3, 0.4) is 0 Å². The summed E-state index contributed by atoms with van der Waals surface area (Å²) in [4.78, 5) is 14.2. The second-order valence-electron chi connectivity index (χ2n) is 4.61. The highest BCUT2D eigenvalue weighted by Crippen LogP contribution is 2.27. The summed E-state index contributed by atoms with van der Waals surface area (Å²) in [6.45, 7) is 1.08. The smallest absolute Gasteiger partial charge is 0.254 e. The van der Waals surface area contributed by atoms with Gasteiger partial charge in [-0.05, 0) is 34.1 Å². The lowest BCUT2D eigenvalue weighted by molar-refractivity contribution is -0.00461. The van der Waals surface area contributed by atoms with Crippen LogP contribution in [0.1, 0.15) is 10.4 Å². The third-order valence-electron chi connectivity index (χ3n) is 3.51. The molecule has 1 fully saturated rings. The first-order chi connectivity index (χ1) is 9.60. The predicted molar refractivity (Wildman–Crippen MR) is 78.2 cm³/mol. The van der Waals surface area contributed by atoms with Gasteiger partial charge in [-0.3, -0.25) is 4.79 Å². The number of halogens is 1. The number of rotatable bonds is 4. The van der Waals surface area contributed by atoms with Gasteiger partial charge in [-0.1, -0.05) is 0 Å². The van der Waals surface area contributed by atoms with Gasteiger partial charge >= 0.3 is 0 Å². The maximum absolute atomic E-state index is 12.5. The summed E-state index contributed by atoms with van der Waals surface area (Å²) in [6.07, 6.45) is -0.156. The Bertz CT molecular complexity index is 482. The van der Waals surface area contributed by atoms with Crippen molar-refractivity contribution in [3.05, 3.63) is 28.2 Å². The van der Waals surface area contributed by atoms with Gasteiger partial charge in [0, 0.05) is 32.9 Å². The number of carbonyl (C=O) groups excluding carboxylic acids is 1. The van der Waals surface area contributed by atoms with Gasteiger partial charge in [0.2, 0.25) is 0 Å². The van der Waals surface area contributed by atoms with Gasteiger partial charge in [0.1, 0.15) is 18.0 Å². The minimum atomic E-state index is -0.0781. The van der Waals surface area contributed by atoms with Gasteiger partial charge in [0.05, 0.1) is 11.6 Å². The predicted octanol–water partition coefficient (Wildman–Crippen LogP) is 1.94. The minimum absolute atomic E-state index is 0.0325. The number of methoxy groups -OCH3 is 3. The average molecular weight is 344 g/mol. The fourth-order valence-electron chi connectivity index (χ4n) is 2.34. The Labute approximate surface area is 126 Å². The van der Waals surface area contributed by atoms with Crippen LogP contribution in [0.25, 0.3) is 0 Å². The average Bonchev–Trinajstić information content (AvgIpc) is 2.89. The Hall–Kier alpha value is -1.11. The Morgan fingerprint density at radius 3 is 2.25 bits per heavy atom. The molecule has 0 N–H and O–H groups in total. The Morgan fingerprint density at radius 2 is 1.80 bits per heavy atom. The van der Waals surface area contributed by atoms with E-state index >= 15 is 0 Å². The second kappa shape index (κ2) is 6.56. The summed E-state index contributed by atoms with van der Waals surface area (Å²) in [5, 5.41) is 0. The lowest BCUT2D eigenvalue weighted by atomic mass is 10.2. The van der Waals surface area contributed by atoms with Crippen LogP contribution in [0.5, 0.6) is 5.75 Å². The first kappa shape index (κ1) is 15.3. The maximum Gasteiger partial charge on any atom is 0.254 e. The fraction of sp³-hybridized carbons (Fsp3) is 0.500. The number of benzene rings is 1. The van der Waals surface area contributed by atoms with E-state index in [9.17, 15) is 4.79 Å². The molecule has 20 heavy (non-hydrogen) atoms. The van der Waals surface area contributed by atoms with Crippen molar-refractivity contribution in [1.82, 2.24) is 4.90 Å². The molecule has 0 aromatic heterocycles. The van der Waals surface area contributed by atoms with Crippen molar-refractivity contribution in [1.29, 1.82) is 0 Å². The van der Waals surface area contributed by atoms with E-state index in [0.717, 1.165) is 4.47 Å². The van der Waals surface area contributed by atoms with Gasteiger partial charge < -0.3 is 19.1 Å². The molecule has 0 aliphatic carbocycles. The van der Waals surface area contributed by atoms with Gasteiger partial charge in [-0.15, -0.1) is 0 Å². The Kier molecular flexibility index (Phi) is 5.01. The van der Waals surface area contributed by atoms with E-state index in [1.807, 2.05) is 0 Å². The molecular formula is C14H18BrNO4. The van der Waals surface area contributed by atoms with Gasteiger partial charge in [0.25, 0.3) is 5.91 Å². The molecule has 1 saturated heterocycles. The molecule has 0 bridgehead atoms. The summed E-state index contributed by atoms with van der Waals surface area (Å²) < 4.78 is 16.6. The highest BCUT2D eigenvalue weighted by atomic mass is 79.9. The molecule has 2 unspecified atom stereocenters. The molecule has 1 amide bonds. The Balaban J connectivity index is 2.14. The van der Waals surface area contributed by atoms with Crippen LogP contribution in [0, 0.1) is 0 Å². The van der Waals surface area contributed by atoms with E-state index in [2.05, 4.69) is 15.9 Å². The van der Waals surface area contributed by atoms with Crippen LogP contribution in [0.2, 0.25) is 0 Å². The number of carbonyl (C=O) groups is 1. The van der Waals surface area contributed by atoms with E-state index in [4.69, 9.17) is 14.2 Å². The molecule has 1 aromatic carbocycles. The quantitative estimate of drug-likeness (QED) is 0.838. The van der Waals surface area contributed by atoms with E-state index in [1.165, 1.54) is 0 Å². The van der Waals surface area contributed by atoms with E-state index < -0.39 is 0 Å². The lowest BCUT2D eigenvalue weighted by Crippen LogP contribution is -2.30. The highest BCUT2D eigenvalue weighted by molar-refractivity contribution is 9.10. The summed E-state index contributed by atoms with van der Waals surface area (Å²) in [5.74, 6) is 0.669. The monoisotopic (exact) mass is 343 g/mol. The van der Waals surface area contributed by atoms with E-state index in [-0.39, 0.29) is 18.1 Å². The maximum atomic E-state index is 12.5. The van der Waals surface area contributed by atoms with Crippen molar-refractivity contribution in [3.63, 3.8) is 0 Å². The molecule has 5 nitrogen and oxygen atoms in total. The highest BCUT2D eigenvalue weighted by Gasteiger charge is 2.35. The van der Waals surface area contributed by atoms with Crippen molar-refractivity contribution in [2.75, 3.05) is 34.4 Å². The number of nitrogens with zero attached hydrogens (tertiary/aromatic N) is 1. The molecule has 0 spiro atoms. The zero-order valence-electron chi connectivity index (χ0n) is 11.8. The van der Waals surface area contributed by atoms with E-state index in [0.29, 0.717) is 24.4 Å². The van der Waals surface area contributed by atoms with Crippen LogP contribution >= 0.6 is 15.9 Å². The molecule has 2 rings (SSSR count). The third kappa shape index (κ3) is 2.97. The molecule has 2 atom stereocenters. The topological polar surface area (TPSA) is 48.0 Å². The minimum Gasteiger partial charge on any atom is -0.496 e. The number of hydrogen-bond donors (Lipinski definition) is 0. The number of likely N-dealkylation sites (tertiary alicyclic amines) is 1. The molecular weight excluding hydrogens is 326 g/mol. The van der Waals surface area contributed by atoms with Crippen LogP contribution in [0.4, 0.5) is 0 Å². The van der Waals surface area contributed by atoms with Crippen LogP contribution < -0.4 is 4.74 Å². The molecule has 1 aromatic rings. The second-order valence-corrected chi connectivity index (χ2v) is 5.46. The molecule has 1 heterocycles. The Morgan fingerprint density at radius 1 is 1.20 bits per heavy atom. The standard InChI is InChI=1S/C14H18BrNO4/c1-18-11-5-4-9(6-10(11)15)14(17)16-7-12(19-2)13(8-16)20-3/h4-6,12-13H,7-8H2,1-3H3. The first-order valence-corrected chi connectivity index (χ1v) is 7.08. The molecule has 6 heteroatoms. The van der Waals surface area contributed by atoms with Gasteiger partial charge in [0.15, 0.2) is 0 Å². The number of hydrogen-bond acceptors (Lipinski definition) is 4. The van der Waals surface area contributed by atoms with E-state index in [1.54, 1.807) is 44.4 Å². The van der Waals surface area contributed by atoms with Gasteiger partial charge in [-0.2, -0.15) is 0 Å². The summed E-state index contributed by atoms with van der Waals surface area (Å²) in [7, 11) is 4.86. The number of ether oxygens (including phenoxy) is 3. The lowest BCUT2D eigenvalue weighted by Gasteiger charge is -2.16. The zero-order valence-corrected chi connectivity index (χ0v) is 13.3. The molecule has 0 radical (unpaired) electrons. The van der Waals surface area contributed by atoms with Crippen LogP contribution in [0.15, 0.2) is 22.7 Å². The largest absolute Gasteiger partial charge is 0.496 e. The molecule has 1 aliphatic rings. The third-order valence-corrected chi connectivity index (χ3v) is 4.13.